The number of sulfonamides is 1. The Kier molecular flexibility index (Phi) is 4.21. The van der Waals surface area contributed by atoms with Crippen molar-refractivity contribution in [3.05, 3.63) is 41.7 Å². The second-order valence-corrected chi connectivity index (χ2v) is 7.45. The number of hydrogen-bond donors (Lipinski definition) is 1. The van der Waals surface area contributed by atoms with Gasteiger partial charge in [-0.1, -0.05) is 0 Å². The minimum atomic E-state index is -3.68. The van der Waals surface area contributed by atoms with E-state index in [0.29, 0.717) is 0 Å². The second kappa shape index (κ2) is 6.16. The van der Waals surface area contributed by atoms with Crippen LogP contribution in [0, 0.1) is 13.8 Å². The first-order valence-electron chi connectivity index (χ1n) is 7.64. The maximum Gasteiger partial charge on any atom is 0.264 e. The molecule has 1 aliphatic rings. The molecule has 1 aliphatic heterocycles. The van der Waals surface area contributed by atoms with E-state index in [4.69, 9.17) is 0 Å². The van der Waals surface area contributed by atoms with Crippen LogP contribution in [0.4, 0.5) is 11.6 Å². The average Bonchev–Trinajstić information content (AvgIpc) is 3.00. The van der Waals surface area contributed by atoms with Crippen molar-refractivity contribution in [2.75, 3.05) is 22.7 Å². The number of benzene rings is 1. The number of hydrogen-bond acceptors (Lipinski definition) is 5. The zero-order valence-electron chi connectivity index (χ0n) is 13.3. The summed E-state index contributed by atoms with van der Waals surface area (Å²) >= 11 is 0. The van der Waals surface area contributed by atoms with E-state index in [-0.39, 0.29) is 10.8 Å². The molecule has 23 heavy (non-hydrogen) atoms. The molecular formula is C16H20N4O2S. The number of nitrogens with one attached hydrogen (secondary N) is 1. The van der Waals surface area contributed by atoms with Crippen molar-refractivity contribution in [2.24, 2.45) is 0 Å². The van der Waals surface area contributed by atoms with Gasteiger partial charge in [0.25, 0.3) is 10.0 Å². The molecule has 1 aromatic carbocycles. The van der Waals surface area contributed by atoms with Crippen molar-refractivity contribution in [1.82, 2.24) is 9.97 Å². The zero-order chi connectivity index (χ0) is 16.4. The molecule has 7 heteroatoms. The number of rotatable bonds is 4. The molecule has 0 bridgehead atoms. The van der Waals surface area contributed by atoms with Gasteiger partial charge >= 0.3 is 0 Å². The van der Waals surface area contributed by atoms with Crippen LogP contribution in [-0.4, -0.2) is 31.5 Å². The molecule has 0 aliphatic carbocycles. The van der Waals surface area contributed by atoms with Crippen molar-refractivity contribution < 1.29 is 8.42 Å². The van der Waals surface area contributed by atoms with Gasteiger partial charge in [-0.25, -0.2) is 23.1 Å². The fourth-order valence-electron chi connectivity index (χ4n) is 2.76. The Labute approximate surface area is 136 Å². The molecule has 0 amide bonds. The number of anilines is 2. The highest BCUT2D eigenvalue weighted by atomic mass is 32.2. The van der Waals surface area contributed by atoms with Gasteiger partial charge in [0, 0.05) is 30.2 Å². The van der Waals surface area contributed by atoms with Gasteiger partial charge < -0.3 is 4.90 Å². The summed E-state index contributed by atoms with van der Waals surface area (Å²) in [6.07, 6.45) is 2.37. The lowest BCUT2D eigenvalue weighted by atomic mass is 10.3. The molecule has 3 rings (SSSR count). The molecule has 2 heterocycles. The molecule has 0 unspecified atom stereocenters. The third kappa shape index (κ3) is 3.61. The maximum atomic E-state index is 12.5. The number of aromatic nitrogens is 2. The van der Waals surface area contributed by atoms with Crippen LogP contribution in [-0.2, 0) is 10.0 Å². The van der Waals surface area contributed by atoms with Gasteiger partial charge in [0.05, 0.1) is 4.90 Å². The van der Waals surface area contributed by atoms with Crippen LogP contribution in [0.5, 0.6) is 0 Å². The lowest BCUT2D eigenvalue weighted by Crippen LogP contribution is -2.18. The summed E-state index contributed by atoms with van der Waals surface area (Å²) in [4.78, 5) is 10.7. The molecule has 2 aromatic rings. The Morgan fingerprint density at radius 3 is 2.13 bits per heavy atom. The molecule has 0 spiro atoms. The van der Waals surface area contributed by atoms with Crippen molar-refractivity contribution >= 4 is 21.7 Å². The predicted octanol–water partition coefficient (Wildman–Crippen LogP) is 2.49. The molecule has 1 N–H and O–H groups in total. The molecule has 0 radical (unpaired) electrons. The molecule has 6 nitrogen and oxygen atoms in total. The van der Waals surface area contributed by atoms with Crippen molar-refractivity contribution in [1.29, 1.82) is 0 Å². The number of nitrogens with zero attached hydrogens (tertiary/aromatic N) is 3. The van der Waals surface area contributed by atoms with E-state index < -0.39 is 10.0 Å². The van der Waals surface area contributed by atoms with Gasteiger partial charge in [-0.15, -0.1) is 0 Å². The van der Waals surface area contributed by atoms with E-state index in [9.17, 15) is 8.42 Å². The van der Waals surface area contributed by atoms with Crippen LogP contribution in [0.25, 0.3) is 0 Å². The first kappa shape index (κ1) is 15.7. The second-order valence-electron chi connectivity index (χ2n) is 5.77. The van der Waals surface area contributed by atoms with E-state index in [1.54, 1.807) is 32.0 Å². The predicted molar refractivity (Wildman–Crippen MR) is 90.2 cm³/mol. The highest BCUT2D eigenvalue weighted by molar-refractivity contribution is 7.92. The Hall–Kier alpha value is -2.15. The summed E-state index contributed by atoms with van der Waals surface area (Å²) in [5, 5.41) is 0. The molecule has 122 valence electrons. The molecule has 1 saturated heterocycles. The molecule has 1 aromatic heterocycles. The van der Waals surface area contributed by atoms with Crippen molar-refractivity contribution in [3.8, 4) is 0 Å². The Balaban J connectivity index is 1.81. The largest absolute Gasteiger partial charge is 0.372 e. The van der Waals surface area contributed by atoms with Gasteiger partial charge in [-0.3, -0.25) is 0 Å². The number of aryl methyl sites for hydroxylation is 2. The lowest BCUT2D eigenvalue weighted by molar-refractivity contribution is 0.600. The SMILES string of the molecule is Cc1cc(C)nc(NS(=O)(=O)c2ccc(N3CCCC3)cc2)n1. The van der Waals surface area contributed by atoms with Crippen LogP contribution in [0.1, 0.15) is 24.2 Å². The average molecular weight is 332 g/mol. The zero-order valence-corrected chi connectivity index (χ0v) is 14.1. The highest BCUT2D eigenvalue weighted by Gasteiger charge is 2.18. The standard InChI is InChI=1S/C16H20N4O2S/c1-12-11-13(2)18-16(17-12)19-23(21,22)15-7-5-14(6-8-15)20-9-3-4-10-20/h5-8,11H,3-4,9-10H2,1-2H3,(H,17,18,19). The Morgan fingerprint density at radius 1 is 1.00 bits per heavy atom. The fraction of sp³-hybridized carbons (Fsp3) is 0.375. The van der Waals surface area contributed by atoms with Crippen molar-refractivity contribution in [2.45, 2.75) is 31.6 Å². The molecular weight excluding hydrogens is 312 g/mol. The van der Waals surface area contributed by atoms with E-state index in [0.717, 1.165) is 30.2 Å². The summed E-state index contributed by atoms with van der Waals surface area (Å²) < 4.78 is 27.3. The summed E-state index contributed by atoms with van der Waals surface area (Å²) in [6.45, 7) is 5.66. The molecule has 1 fully saturated rings. The fourth-order valence-corrected chi connectivity index (χ4v) is 3.71. The van der Waals surface area contributed by atoms with E-state index in [2.05, 4.69) is 19.6 Å². The third-order valence-electron chi connectivity index (χ3n) is 3.83. The first-order valence-corrected chi connectivity index (χ1v) is 9.12. The first-order chi connectivity index (χ1) is 10.9. The highest BCUT2D eigenvalue weighted by Crippen LogP contribution is 2.22. The van der Waals surface area contributed by atoms with E-state index >= 15 is 0 Å². The molecule has 0 saturated carbocycles. The minimum Gasteiger partial charge on any atom is -0.372 e. The topological polar surface area (TPSA) is 75.2 Å². The summed E-state index contributed by atoms with van der Waals surface area (Å²) in [5.74, 6) is 0.103. The van der Waals surface area contributed by atoms with Crippen LogP contribution >= 0.6 is 0 Å². The third-order valence-corrected chi connectivity index (χ3v) is 5.17. The van der Waals surface area contributed by atoms with Crippen molar-refractivity contribution in [3.63, 3.8) is 0 Å². The lowest BCUT2D eigenvalue weighted by Gasteiger charge is -2.17. The summed E-state index contributed by atoms with van der Waals surface area (Å²) in [7, 11) is -3.68. The van der Waals surface area contributed by atoms with E-state index in [1.807, 2.05) is 12.1 Å². The van der Waals surface area contributed by atoms with E-state index in [1.165, 1.54) is 12.8 Å². The van der Waals surface area contributed by atoms with Crippen LogP contribution < -0.4 is 9.62 Å². The van der Waals surface area contributed by atoms with Gasteiger partial charge in [0.1, 0.15) is 0 Å². The van der Waals surface area contributed by atoms with Crippen LogP contribution in [0.15, 0.2) is 35.2 Å². The summed E-state index contributed by atoms with van der Waals surface area (Å²) in [6, 6.07) is 8.74. The Bertz CT molecular complexity index is 777. The monoisotopic (exact) mass is 332 g/mol. The quantitative estimate of drug-likeness (QED) is 0.931. The van der Waals surface area contributed by atoms with Crippen LogP contribution in [0.2, 0.25) is 0 Å². The van der Waals surface area contributed by atoms with Gasteiger partial charge in [0.2, 0.25) is 5.95 Å². The smallest absolute Gasteiger partial charge is 0.264 e. The minimum absolute atomic E-state index is 0.103. The van der Waals surface area contributed by atoms with Gasteiger partial charge in [-0.05, 0) is 57.0 Å². The Morgan fingerprint density at radius 2 is 1.57 bits per heavy atom. The normalized spacial score (nSPS) is 15.0. The maximum absolute atomic E-state index is 12.5. The molecule has 0 atom stereocenters. The van der Waals surface area contributed by atoms with Gasteiger partial charge in [0.15, 0.2) is 0 Å². The van der Waals surface area contributed by atoms with Crippen LogP contribution in [0.3, 0.4) is 0 Å². The van der Waals surface area contributed by atoms with Gasteiger partial charge in [-0.2, -0.15) is 0 Å². The summed E-state index contributed by atoms with van der Waals surface area (Å²) in [5.41, 5.74) is 2.50.